The highest BCUT2D eigenvalue weighted by Crippen LogP contribution is 2.58. The van der Waals surface area contributed by atoms with Crippen molar-refractivity contribution < 1.29 is 29.3 Å². The lowest BCUT2D eigenvalue weighted by Crippen LogP contribution is -2.35. The summed E-state index contributed by atoms with van der Waals surface area (Å²) >= 11 is 0. The van der Waals surface area contributed by atoms with Crippen LogP contribution >= 0.6 is 0 Å². The minimum Gasteiger partial charge on any atom is -0.508 e. The second-order valence-electron chi connectivity index (χ2n) is 10.8. The van der Waals surface area contributed by atoms with Crippen LogP contribution < -0.4 is 4.74 Å². The number of phenols is 2. The quantitative estimate of drug-likeness (QED) is 0.124. The Kier molecular flexibility index (Phi) is 7.33. The number of benzene rings is 3. The van der Waals surface area contributed by atoms with Crippen LogP contribution in [0.2, 0.25) is 0 Å². The number of rotatable bonds is 10. The normalized spacial score (nSPS) is 17.1. The van der Waals surface area contributed by atoms with Crippen molar-refractivity contribution in [2.24, 2.45) is 0 Å². The molecule has 6 rings (SSSR count). The number of carbonyl (C=O) groups is 2. The van der Waals surface area contributed by atoms with Crippen LogP contribution in [-0.2, 0) is 10.3 Å². The Labute approximate surface area is 243 Å². The number of nitrogens with zero attached hydrogens (tertiary/aromatic N) is 3. The van der Waals surface area contributed by atoms with Crippen molar-refractivity contribution in [2.75, 3.05) is 0 Å². The Balaban J connectivity index is 1.51. The van der Waals surface area contributed by atoms with E-state index in [1.165, 1.54) is 36.9 Å². The first-order valence-corrected chi connectivity index (χ1v) is 14.3. The monoisotopic (exact) mass is 565 g/mol. The van der Waals surface area contributed by atoms with Gasteiger partial charge in [0.2, 0.25) is 0 Å². The highest BCUT2D eigenvalue weighted by molar-refractivity contribution is 6.05. The molecule has 3 aromatic carbocycles. The molecule has 2 aliphatic rings. The van der Waals surface area contributed by atoms with Gasteiger partial charge in [0.25, 0.3) is 0 Å². The van der Waals surface area contributed by atoms with Crippen LogP contribution in [0.1, 0.15) is 101 Å². The SMILES string of the molecule is CCCCCCCCC(C(=O)c1cc(O)cc2c1C1(OC(=O)c3ccccc31)c1ccc(O)cc1O2)c1ccnnn1. The summed E-state index contributed by atoms with van der Waals surface area (Å²) < 4.78 is 12.4. The lowest BCUT2D eigenvalue weighted by atomic mass is 9.74. The number of aromatic hydroxyl groups is 2. The molecule has 42 heavy (non-hydrogen) atoms. The zero-order valence-corrected chi connectivity index (χ0v) is 23.2. The fraction of sp³-hybridized carbons (Fsp3) is 0.303. The predicted octanol–water partition coefficient (Wildman–Crippen LogP) is 6.57. The minimum atomic E-state index is -1.54. The fourth-order valence-corrected chi connectivity index (χ4v) is 6.15. The number of esters is 1. The number of carbonyl (C=O) groups excluding carboxylic acids is 2. The second-order valence-corrected chi connectivity index (χ2v) is 10.8. The van der Waals surface area contributed by atoms with Crippen molar-refractivity contribution in [3.63, 3.8) is 0 Å². The van der Waals surface area contributed by atoms with Gasteiger partial charge in [0.1, 0.15) is 23.0 Å². The molecular weight excluding hydrogens is 534 g/mol. The third-order valence-electron chi connectivity index (χ3n) is 8.08. The van der Waals surface area contributed by atoms with Crippen LogP contribution in [0.15, 0.2) is 66.9 Å². The summed E-state index contributed by atoms with van der Waals surface area (Å²) in [5.41, 5.74) is 0.765. The first kappa shape index (κ1) is 27.4. The Morgan fingerprint density at radius 2 is 1.69 bits per heavy atom. The maximum absolute atomic E-state index is 14.6. The lowest BCUT2D eigenvalue weighted by Gasteiger charge is -2.38. The highest BCUT2D eigenvalue weighted by Gasteiger charge is 2.55. The zero-order valence-electron chi connectivity index (χ0n) is 23.2. The molecule has 4 aromatic rings. The summed E-state index contributed by atoms with van der Waals surface area (Å²) in [6, 6.07) is 16.0. The van der Waals surface area contributed by atoms with Gasteiger partial charge < -0.3 is 19.7 Å². The topological polar surface area (TPSA) is 132 Å². The molecule has 0 fully saturated rings. The average Bonchev–Trinajstić information content (AvgIpc) is 3.28. The molecule has 214 valence electrons. The number of unbranched alkanes of at least 4 members (excludes halogenated alkanes) is 5. The minimum absolute atomic E-state index is 0.0447. The fourth-order valence-electron chi connectivity index (χ4n) is 6.15. The molecule has 2 atom stereocenters. The highest BCUT2D eigenvalue weighted by atomic mass is 16.6. The van der Waals surface area contributed by atoms with Gasteiger partial charge in [-0.3, -0.25) is 4.79 Å². The maximum atomic E-state index is 14.6. The smallest absolute Gasteiger partial charge is 0.340 e. The van der Waals surface area contributed by atoms with Crippen molar-refractivity contribution in [1.82, 2.24) is 15.4 Å². The number of hydrogen-bond donors (Lipinski definition) is 2. The first-order valence-electron chi connectivity index (χ1n) is 14.3. The van der Waals surface area contributed by atoms with E-state index in [0.29, 0.717) is 34.4 Å². The molecule has 2 aliphatic heterocycles. The first-order chi connectivity index (χ1) is 20.4. The molecule has 2 N–H and O–H groups in total. The van der Waals surface area contributed by atoms with E-state index < -0.39 is 17.5 Å². The van der Waals surface area contributed by atoms with E-state index in [2.05, 4.69) is 22.3 Å². The van der Waals surface area contributed by atoms with Gasteiger partial charge in [0.05, 0.1) is 28.9 Å². The molecular formula is C33H31N3O6. The van der Waals surface area contributed by atoms with E-state index >= 15 is 0 Å². The van der Waals surface area contributed by atoms with Gasteiger partial charge in [-0.05, 0) is 42.0 Å². The van der Waals surface area contributed by atoms with Gasteiger partial charge in [0.15, 0.2) is 11.4 Å². The van der Waals surface area contributed by atoms with E-state index in [1.54, 1.807) is 36.4 Å². The molecule has 1 aromatic heterocycles. The molecule has 0 bridgehead atoms. The molecule has 3 heterocycles. The van der Waals surface area contributed by atoms with Gasteiger partial charge in [-0.25, -0.2) is 4.79 Å². The second kappa shape index (κ2) is 11.2. The van der Waals surface area contributed by atoms with Gasteiger partial charge in [0, 0.05) is 28.8 Å². The molecule has 1 spiro atoms. The number of phenolic OH excluding ortho intramolecular Hbond substituents is 2. The van der Waals surface area contributed by atoms with Crippen LogP contribution in [0.4, 0.5) is 0 Å². The molecule has 0 amide bonds. The molecule has 0 aliphatic carbocycles. The molecule has 0 radical (unpaired) electrons. The molecule has 0 saturated heterocycles. The van der Waals surface area contributed by atoms with Crippen molar-refractivity contribution in [3.05, 3.63) is 100 Å². The predicted molar refractivity (Wildman–Crippen MR) is 153 cm³/mol. The van der Waals surface area contributed by atoms with E-state index in [-0.39, 0.29) is 34.3 Å². The average molecular weight is 566 g/mol. The Hall–Kier alpha value is -4.79. The molecule has 9 nitrogen and oxygen atoms in total. The standard InChI is InChI=1S/C33H31N3O6/c1-2-3-4-5-6-7-11-23(27-15-16-34-36-35-27)31(39)24-17-21(38)19-29-30(24)33(26-14-13-20(37)18-28(26)41-29)25-12-9-8-10-22(25)32(40)42-33/h8-10,12-19,23,37-38H,2-7,11H2,1H3. The summed E-state index contributed by atoms with van der Waals surface area (Å²) in [5, 5.41) is 32.8. The van der Waals surface area contributed by atoms with Crippen molar-refractivity contribution in [2.45, 2.75) is 63.4 Å². The zero-order chi connectivity index (χ0) is 29.3. The number of ketones is 1. The van der Waals surface area contributed by atoms with Gasteiger partial charge in [-0.1, -0.05) is 63.6 Å². The van der Waals surface area contributed by atoms with Gasteiger partial charge in [-0.15, -0.1) is 10.2 Å². The van der Waals surface area contributed by atoms with Crippen LogP contribution in [0.5, 0.6) is 23.0 Å². The number of ether oxygens (including phenoxy) is 2. The number of Topliss-reactive ketones (excluding diaryl/α,β-unsaturated/α-hetero) is 1. The molecule has 2 unspecified atom stereocenters. The number of hydrogen-bond acceptors (Lipinski definition) is 9. The summed E-state index contributed by atoms with van der Waals surface area (Å²) in [6.07, 6.45) is 8.33. The summed E-state index contributed by atoms with van der Waals surface area (Å²) in [6.45, 7) is 2.17. The Morgan fingerprint density at radius 1 is 0.905 bits per heavy atom. The van der Waals surface area contributed by atoms with Crippen molar-refractivity contribution >= 4 is 11.8 Å². The van der Waals surface area contributed by atoms with Crippen molar-refractivity contribution in [3.8, 4) is 23.0 Å². The van der Waals surface area contributed by atoms with Crippen LogP contribution in [0.25, 0.3) is 0 Å². The largest absolute Gasteiger partial charge is 0.508 e. The van der Waals surface area contributed by atoms with Gasteiger partial charge >= 0.3 is 5.97 Å². The lowest BCUT2D eigenvalue weighted by molar-refractivity contribution is 0.0220. The van der Waals surface area contributed by atoms with Crippen LogP contribution in [-0.4, -0.2) is 37.4 Å². The van der Waals surface area contributed by atoms with E-state index in [4.69, 9.17) is 9.47 Å². The van der Waals surface area contributed by atoms with E-state index in [0.717, 1.165) is 32.1 Å². The third-order valence-corrected chi connectivity index (χ3v) is 8.08. The van der Waals surface area contributed by atoms with Crippen LogP contribution in [0.3, 0.4) is 0 Å². The van der Waals surface area contributed by atoms with E-state index in [1.807, 2.05) is 0 Å². The molecule has 9 heteroatoms. The molecule has 0 saturated carbocycles. The summed E-state index contributed by atoms with van der Waals surface area (Å²) in [7, 11) is 0. The Bertz CT molecular complexity index is 1660. The number of fused-ring (bicyclic) bond motifs is 6. The Morgan fingerprint density at radius 3 is 2.50 bits per heavy atom. The van der Waals surface area contributed by atoms with Crippen LogP contribution in [0, 0.1) is 0 Å². The maximum Gasteiger partial charge on any atom is 0.340 e. The van der Waals surface area contributed by atoms with Gasteiger partial charge in [-0.2, -0.15) is 0 Å². The van der Waals surface area contributed by atoms with Crippen molar-refractivity contribution in [1.29, 1.82) is 0 Å². The summed E-state index contributed by atoms with van der Waals surface area (Å²) in [5.74, 6) is -1.36. The summed E-state index contributed by atoms with van der Waals surface area (Å²) in [4.78, 5) is 27.9. The number of aromatic nitrogens is 3. The third kappa shape index (κ3) is 4.64. The van der Waals surface area contributed by atoms with E-state index in [9.17, 15) is 19.8 Å².